The van der Waals surface area contributed by atoms with Crippen molar-refractivity contribution < 1.29 is 13.2 Å². The minimum atomic E-state index is -3.72. The third-order valence-electron chi connectivity index (χ3n) is 4.87. The first-order valence-corrected chi connectivity index (χ1v) is 10.8. The van der Waals surface area contributed by atoms with Crippen LogP contribution >= 0.6 is 11.6 Å². The van der Waals surface area contributed by atoms with Crippen molar-refractivity contribution in [3.8, 4) is 0 Å². The Bertz CT molecular complexity index is 902. The number of nitrogens with zero attached hydrogens (tertiary/aromatic N) is 1. The molecule has 1 fully saturated rings. The Kier molecular flexibility index (Phi) is 6.19. The first-order chi connectivity index (χ1) is 12.9. The third-order valence-corrected chi connectivity index (χ3v) is 7.23. The number of nitrogens with one attached hydrogen (secondary N) is 1. The number of piperidine rings is 1. The van der Waals surface area contributed by atoms with Crippen LogP contribution in [0.4, 0.5) is 0 Å². The standard InChI is InChI=1S/C20H23ClN2O3S/c1-15(16-8-3-2-4-9-16)22-20(24)17-10-7-13-23(14-17)27(25,26)19-12-6-5-11-18(19)21/h2-6,8-9,11-12,15,17H,7,10,13-14H2,1H3,(H,22,24). The summed E-state index contributed by atoms with van der Waals surface area (Å²) in [6.07, 6.45) is 1.31. The van der Waals surface area contributed by atoms with Gasteiger partial charge in [-0.3, -0.25) is 4.79 Å². The monoisotopic (exact) mass is 406 g/mol. The predicted molar refractivity (Wildman–Crippen MR) is 106 cm³/mol. The Morgan fingerprint density at radius 3 is 2.52 bits per heavy atom. The van der Waals surface area contributed by atoms with E-state index >= 15 is 0 Å². The highest BCUT2D eigenvalue weighted by atomic mass is 35.5. The lowest BCUT2D eigenvalue weighted by atomic mass is 9.98. The van der Waals surface area contributed by atoms with Crippen molar-refractivity contribution in [3.63, 3.8) is 0 Å². The maximum absolute atomic E-state index is 12.9. The highest BCUT2D eigenvalue weighted by Crippen LogP contribution is 2.28. The van der Waals surface area contributed by atoms with Crippen molar-refractivity contribution in [3.05, 3.63) is 65.2 Å². The maximum Gasteiger partial charge on any atom is 0.244 e. The van der Waals surface area contributed by atoms with Gasteiger partial charge in [0.15, 0.2) is 0 Å². The second-order valence-corrected chi connectivity index (χ2v) is 9.09. The fourth-order valence-corrected chi connectivity index (χ4v) is 5.34. The Morgan fingerprint density at radius 1 is 1.15 bits per heavy atom. The zero-order chi connectivity index (χ0) is 19.4. The fourth-order valence-electron chi connectivity index (χ4n) is 3.32. The van der Waals surface area contributed by atoms with E-state index in [0.29, 0.717) is 19.4 Å². The zero-order valence-corrected chi connectivity index (χ0v) is 16.7. The lowest BCUT2D eigenvalue weighted by Gasteiger charge is -2.32. The average molecular weight is 407 g/mol. The molecule has 2 unspecified atom stereocenters. The van der Waals surface area contributed by atoms with Gasteiger partial charge in [0.05, 0.1) is 17.0 Å². The molecule has 0 saturated carbocycles. The molecule has 1 aliphatic heterocycles. The minimum absolute atomic E-state index is 0.0883. The molecule has 27 heavy (non-hydrogen) atoms. The van der Waals surface area contributed by atoms with E-state index in [0.717, 1.165) is 5.56 Å². The van der Waals surface area contributed by atoms with E-state index in [-0.39, 0.29) is 34.3 Å². The van der Waals surface area contributed by atoms with Crippen LogP contribution in [0.5, 0.6) is 0 Å². The van der Waals surface area contributed by atoms with Gasteiger partial charge in [-0.05, 0) is 37.5 Å². The first-order valence-electron chi connectivity index (χ1n) is 8.99. The number of carbonyl (C=O) groups is 1. The zero-order valence-electron chi connectivity index (χ0n) is 15.1. The molecule has 1 amide bonds. The summed E-state index contributed by atoms with van der Waals surface area (Å²) in [7, 11) is -3.72. The van der Waals surface area contributed by atoms with Crippen LogP contribution in [0.15, 0.2) is 59.5 Å². The highest BCUT2D eigenvalue weighted by Gasteiger charge is 2.34. The van der Waals surface area contributed by atoms with E-state index in [1.165, 1.54) is 10.4 Å². The van der Waals surface area contributed by atoms with Crippen LogP contribution in [0.2, 0.25) is 5.02 Å². The van der Waals surface area contributed by atoms with Crippen molar-refractivity contribution in [2.24, 2.45) is 5.92 Å². The van der Waals surface area contributed by atoms with Crippen LogP contribution in [0.25, 0.3) is 0 Å². The molecule has 3 rings (SSSR count). The van der Waals surface area contributed by atoms with Crippen molar-refractivity contribution in [2.45, 2.75) is 30.7 Å². The van der Waals surface area contributed by atoms with Crippen molar-refractivity contribution in [2.75, 3.05) is 13.1 Å². The normalized spacial score (nSPS) is 19.4. The molecule has 2 aromatic rings. The lowest BCUT2D eigenvalue weighted by Crippen LogP contribution is -2.45. The number of sulfonamides is 1. The van der Waals surface area contributed by atoms with Gasteiger partial charge in [-0.2, -0.15) is 4.31 Å². The SMILES string of the molecule is CC(NC(=O)C1CCCN(S(=O)(=O)c2ccccc2Cl)C1)c1ccccc1. The van der Waals surface area contributed by atoms with Crippen LogP contribution in [0, 0.1) is 5.92 Å². The summed E-state index contributed by atoms with van der Waals surface area (Å²) >= 11 is 6.08. The molecule has 5 nitrogen and oxygen atoms in total. The number of hydrogen-bond acceptors (Lipinski definition) is 3. The van der Waals surface area contributed by atoms with E-state index in [1.54, 1.807) is 18.2 Å². The first kappa shape index (κ1) is 19.9. The number of hydrogen-bond donors (Lipinski definition) is 1. The summed E-state index contributed by atoms with van der Waals surface area (Å²) < 4.78 is 27.2. The Hall–Kier alpha value is -1.89. The molecule has 144 valence electrons. The summed E-state index contributed by atoms with van der Waals surface area (Å²) in [5, 5.41) is 3.20. The van der Waals surface area contributed by atoms with Crippen LogP contribution in [-0.2, 0) is 14.8 Å². The van der Waals surface area contributed by atoms with Crippen molar-refractivity contribution >= 4 is 27.5 Å². The van der Waals surface area contributed by atoms with Crippen LogP contribution in [0.1, 0.15) is 31.4 Å². The molecule has 1 saturated heterocycles. The summed E-state index contributed by atoms with van der Waals surface area (Å²) in [5.74, 6) is -0.493. The maximum atomic E-state index is 12.9. The molecule has 2 atom stereocenters. The van der Waals surface area contributed by atoms with Gasteiger partial charge < -0.3 is 5.32 Å². The molecule has 0 spiro atoms. The largest absolute Gasteiger partial charge is 0.349 e. The van der Waals surface area contributed by atoms with E-state index in [4.69, 9.17) is 11.6 Å². The predicted octanol–water partition coefficient (Wildman–Crippen LogP) is 3.62. The van der Waals surface area contributed by atoms with Crippen LogP contribution in [0.3, 0.4) is 0 Å². The molecule has 0 bridgehead atoms. The highest BCUT2D eigenvalue weighted by molar-refractivity contribution is 7.89. The van der Waals surface area contributed by atoms with E-state index in [2.05, 4.69) is 5.32 Å². The molecular weight excluding hydrogens is 384 g/mol. The summed E-state index contributed by atoms with van der Waals surface area (Å²) in [5.41, 5.74) is 1.02. The van der Waals surface area contributed by atoms with E-state index in [9.17, 15) is 13.2 Å². The minimum Gasteiger partial charge on any atom is -0.349 e. The summed E-state index contributed by atoms with van der Waals surface area (Å²) in [6, 6.07) is 16.0. The van der Waals surface area contributed by atoms with Gasteiger partial charge in [-0.15, -0.1) is 0 Å². The molecule has 1 heterocycles. The Balaban J connectivity index is 1.70. The molecule has 2 aromatic carbocycles. The average Bonchev–Trinajstić information content (AvgIpc) is 2.69. The molecular formula is C20H23ClN2O3S. The quantitative estimate of drug-likeness (QED) is 0.824. The second-order valence-electron chi connectivity index (χ2n) is 6.77. The Labute approximate surface area is 165 Å². The van der Waals surface area contributed by atoms with Crippen molar-refractivity contribution in [1.29, 1.82) is 0 Å². The van der Waals surface area contributed by atoms with Gasteiger partial charge >= 0.3 is 0 Å². The molecule has 0 radical (unpaired) electrons. The number of amides is 1. The van der Waals surface area contributed by atoms with Crippen LogP contribution < -0.4 is 5.32 Å². The second kappa shape index (κ2) is 8.42. The number of halogens is 1. The third kappa shape index (κ3) is 4.51. The summed E-state index contributed by atoms with van der Waals surface area (Å²) in [6.45, 7) is 2.49. The van der Waals surface area contributed by atoms with Gasteiger partial charge in [0, 0.05) is 13.1 Å². The van der Waals surface area contributed by atoms with Gasteiger partial charge in [0.2, 0.25) is 15.9 Å². The number of rotatable bonds is 5. The molecule has 0 aliphatic carbocycles. The van der Waals surface area contributed by atoms with E-state index < -0.39 is 10.0 Å². The lowest BCUT2D eigenvalue weighted by molar-refractivity contribution is -0.126. The van der Waals surface area contributed by atoms with Gasteiger partial charge in [0.1, 0.15) is 4.90 Å². The fraction of sp³-hybridized carbons (Fsp3) is 0.350. The van der Waals surface area contributed by atoms with Crippen LogP contribution in [-0.4, -0.2) is 31.7 Å². The molecule has 7 heteroatoms. The number of benzene rings is 2. The number of carbonyl (C=O) groups excluding carboxylic acids is 1. The summed E-state index contributed by atoms with van der Waals surface area (Å²) in [4.78, 5) is 12.8. The molecule has 1 aliphatic rings. The van der Waals surface area contributed by atoms with E-state index in [1.807, 2.05) is 37.3 Å². The Morgan fingerprint density at radius 2 is 1.81 bits per heavy atom. The smallest absolute Gasteiger partial charge is 0.244 e. The molecule has 1 N–H and O–H groups in total. The molecule has 0 aromatic heterocycles. The van der Waals surface area contributed by atoms with Gasteiger partial charge in [-0.25, -0.2) is 8.42 Å². The topological polar surface area (TPSA) is 66.5 Å². The van der Waals surface area contributed by atoms with Gasteiger partial charge in [-0.1, -0.05) is 54.1 Å². The van der Waals surface area contributed by atoms with Crippen molar-refractivity contribution in [1.82, 2.24) is 9.62 Å². The van der Waals surface area contributed by atoms with Gasteiger partial charge in [0.25, 0.3) is 0 Å².